The van der Waals surface area contributed by atoms with Gasteiger partial charge in [-0.25, -0.2) is 0 Å². The van der Waals surface area contributed by atoms with Gasteiger partial charge in [0.25, 0.3) is 0 Å². The van der Waals surface area contributed by atoms with Crippen molar-refractivity contribution in [2.45, 2.75) is 59.9 Å². The molecule has 0 aliphatic carbocycles. The van der Waals surface area contributed by atoms with E-state index in [2.05, 4.69) is 26.1 Å². The number of unbranched alkanes of at least 4 members (excludes halogenated alkanes) is 1. The Balaban J connectivity index is 0. The van der Waals surface area contributed by atoms with Crippen molar-refractivity contribution < 1.29 is 4.79 Å². The molecule has 104 valence electrons. The molecule has 2 unspecified atom stereocenters. The molecule has 0 aromatic heterocycles. The average molecular weight is 265 g/mol. The van der Waals surface area contributed by atoms with Gasteiger partial charge in [-0.1, -0.05) is 34.1 Å². The van der Waals surface area contributed by atoms with E-state index in [0.717, 1.165) is 19.4 Å². The lowest BCUT2D eigenvalue weighted by molar-refractivity contribution is -0.124. The van der Waals surface area contributed by atoms with Crippen LogP contribution < -0.4 is 11.1 Å². The molecule has 0 fully saturated rings. The molecule has 4 heteroatoms. The Kier molecular flexibility index (Phi) is 9.82. The maximum absolute atomic E-state index is 11.6. The van der Waals surface area contributed by atoms with Crippen LogP contribution in [0.4, 0.5) is 0 Å². The largest absolute Gasteiger partial charge is 0.356 e. The van der Waals surface area contributed by atoms with Crippen molar-refractivity contribution in [3.05, 3.63) is 0 Å². The fourth-order valence-electron chi connectivity index (χ4n) is 1.39. The lowest BCUT2D eigenvalue weighted by Gasteiger charge is -2.18. The predicted molar refractivity (Wildman–Crippen MR) is 76.4 cm³/mol. The predicted octanol–water partition coefficient (Wildman–Crippen LogP) is 2.72. The summed E-state index contributed by atoms with van der Waals surface area (Å²) >= 11 is 0. The van der Waals surface area contributed by atoms with Crippen LogP contribution >= 0.6 is 12.4 Å². The highest BCUT2D eigenvalue weighted by molar-refractivity contribution is 5.85. The van der Waals surface area contributed by atoms with Crippen LogP contribution in [0.5, 0.6) is 0 Å². The normalized spacial score (nSPS) is 14.7. The fourth-order valence-corrected chi connectivity index (χ4v) is 1.39. The number of amides is 1. The van der Waals surface area contributed by atoms with Gasteiger partial charge in [0.15, 0.2) is 0 Å². The van der Waals surface area contributed by atoms with Crippen molar-refractivity contribution in [2.75, 3.05) is 6.54 Å². The summed E-state index contributed by atoms with van der Waals surface area (Å²) in [4.78, 5) is 11.6. The minimum atomic E-state index is -0.0948. The molecule has 0 radical (unpaired) electrons. The standard InChI is InChI=1S/C13H28N2O.ClH/c1-10(11(2)14)12(16)15-9-7-6-8-13(3,4)5;/h10-11H,6-9,14H2,1-5H3,(H,15,16);1H. The molecule has 0 spiro atoms. The van der Waals surface area contributed by atoms with Crippen molar-refractivity contribution in [2.24, 2.45) is 17.1 Å². The highest BCUT2D eigenvalue weighted by Gasteiger charge is 2.16. The van der Waals surface area contributed by atoms with E-state index in [4.69, 9.17) is 5.73 Å². The number of carbonyl (C=O) groups excluding carboxylic acids is 1. The molecule has 0 bridgehead atoms. The van der Waals surface area contributed by atoms with Crippen LogP contribution in [0.3, 0.4) is 0 Å². The topological polar surface area (TPSA) is 55.1 Å². The van der Waals surface area contributed by atoms with Crippen molar-refractivity contribution in [1.29, 1.82) is 0 Å². The van der Waals surface area contributed by atoms with Gasteiger partial charge in [-0.3, -0.25) is 4.79 Å². The van der Waals surface area contributed by atoms with Crippen molar-refractivity contribution >= 4 is 18.3 Å². The van der Waals surface area contributed by atoms with E-state index < -0.39 is 0 Å². The second-order valence-corrected chi connectivity index (χ2v) is 5.96. The molecule has 3 nitrogen and oxygen atoms in total. The Morgan fingerprint density at radius 1 is 1.24 bits per heavy atom. The van der Waals surface area contributed by atoms with Gasteiger partial charge < -0.3 is 11.1 Å². The first-order valence-corrected chi connectivity index (χ1v) is 6.27. The van der Waals surface area contributed by atoms with Gasteiger partial charge in [-0.15, -0.1) is 12.4 Å². The molecule has 0 saturated heterocycles. The van der Waals surface area contributed by atoms with Gasteiger partial charge in [-0.2, -0.15) is 0 Å². The zero-order valence-electron chi connectivity index (χ0n) is 11.9. The monoisotopic (exact) mass is 264 g/mol. The third kappa shape index (κ3) is 10.6. The number of halogens is 1. The van der Waals surface area contributed by atoms with Crippen LogP contribution in [-0.2, 0) is 4.79 Å². The lowest BCUT2D eigenvalue weighted by Crippen LogP contribution is -2.38. The van der Waals surface area contributed by atoms with E-state index in [1.54, 1.807) is 0 Å². The zero-order chi connectivity index (χ0) is 12.8. The summed E-state index contributed by atoms with van der Waals surface area (Å²) in [5, 5.41) is 2.93. The van der Waals surface area contributed by atoms with Crippen LogP contribution in [0.25, 0.3) is 0 Å². The van der Waals surface area contributed by atoms with Gasteiger partial charge in [0.05, 0.1) is 0 Å². The average Bonchev–Trinajstić information content (AvgIpc) is 2.13. The van der Waals surface area contributed by atoms with E-state index in [9.17, 15) is 4.79 Å². The van der Waals surface area contributed by atoms with Crippen molar-refractivity contribution in [3.8, 4) is 0 Å². The molecule has 0 rings (SSSR count). The quantitative estimate of drug-likeness (QED) is 0.725. The third-order valence-corrected chi connectivity index (χ3v) is 2.86. The number of rotatable bonds is 6. The summed E-state index contributed by atoms with van der Waals surface area (Å²) in [6.45, 7) is 11.2. The molecule has 17 heavy (non-hydrogen) atoms. The molecular weight excluding hydrogens is 236 g/mol. The lowest BCUT2D eigenvalue weighted by atomic mass is 9.90. The maximum Gasteiger partial charge on any atom is 0.224 e. The summed E-state index contributed by atoms with van der Waals surface area (Å²) in [6.07, 6.45) is 3.41. The number of carbonyl (C=O) groups is 1. The molecule has 1 amide bonds. The van der Waals surface area contributed by atoms with Gasteiger partial charge >= 0.3 is 0 Å². The van der Waals surface area contributed by atoms with E-state index >= 15 is 0 Å². The Morgan fingerprint density at radius 2 is 1.76 bits per heavy atom. The molecule has 0 aliphatic rings. The van der Waals surface area contributed by atoms with E-state index in [0.29, 0.717) is 5.41 Å². The minimum absolute atomic E-state index is 0. The minimum Gasteiger partial charge on any atom is -0.356 e. The number of nitrogens with one attached hydrogen (secondary N) is 1. The first-order chi connectivity index (χ1) is 7.24. The van der Waals surface area contributed by atoms with Crippen LogP contribution in [0.1, 0.15) is 53.9 Å². The van der Waals surface area contributed by atoms with Crippen LogP contribution in [-0.4, -0.2) is 18.5 Å². The highest BCUT2D eigenvalue weighted by Crippen LogP contribution is 2.21. The van der Waals surface area contributed by atoms with E-state index in [-0.39, 0.29) is 30.3 Å². The summed E-state index contributed by atoms with van der Waals surface area (Å²) in [7, 11) is 0. The summed E-state index contributed by atoms with van der Waals surface area (Å²) in [5.74, 6) is -0.0200. The van der Waals surface area contributed by atoms with Crippen LogP contribution in [0, 0.1) is 11.3 Å². The molecule has 0 aromatic carbocycles. The van der Waals surface area contributed by atoms with Gasteiger partial charge in [0.1, 0.15) is 0 Å². The zero-order valence-corrected chi connectivity index (χ0v) is 12.7. The van der Waals surface area contributed by atoms with Gasteiger partial charge in [-0.05, 0) is 25.2 Å². The molecule has 0 aliphatic heterocycles. The Labute approximate surface area is 112 Å². The fraction of sp³-hybridized carbons (Fsp3) is 0.923. The summed E-state index contributed by atoms with van der Waals surface area (Å²) in [6, 6.07) is -0.0745. The second-order valence-electron chi connectivity index (χ2n) is 5.96. The second kappa shape index (κ2) is 8.76. The van der Waals surface area contributed by atoms with E-state index in [1.165, 1.54) is 6.42 Å². The number of hydrogen-bond donors (Lipinski definition) is 2. The molecule has 0 aromatic rings. The molecule has 2 atom stereocenters. The molecule has 3 N–H and O–H groups in total. The first kappa shape index (κ1) is 19.1. The molecule has 0 heterocycles. The third-order valence-electron chi connectivity index (χ3n) is 2.86. The number of hydrogen-bond acceptors (Lipinski definition) is 2. The van der Waals surface area contributed by atoms with Crippen molar-refractivity contribution in [3.63, 3.8) is 0 Å². The Bertz CT molecular complexity index is 212. The van der Waals surface area contributed by atoms with Crippen LogP contribution in [0.2, 0.25) is 0 Å². The number of nitrogens with two attached hydrogens (primary N) is 1. The summed E-state index contributed by atoms with van der Waals surface area (Å²) in [5.41, 5.74) is 6.06. The Hall–Kier alpha value is -0.280. The maximum atomic E-state index is 11.6. The van der Waals surface area contributed by atoms with E-state index in [1.807, 2.05) is 13.8 Å². The van der Waals surface area contributed by atoms with Gasteiger partial charge in [0, 0.05) is 18.5 Å². The highest BCUT2D eigenvalue weighted by atomic mass is 35.5. The first-order valence-electron chi connectivity index (χ1n) is 6.27. The van der Waals surface area contributed by atoms with Crippen LogP contribution in [0.15, 0.2) is 0 Å². The Morgan fingerprint density at radius 3 is 2.18 bits per heavy atom. The summed E-state index contributed by atoms with van der Waals surface area (Å²) < 4.78 is 0. The molecule has 0 saturated carbocycles. The molecular formula is C13H29ClN2O. The van der Waals surface area contributed by atoms with Gasteiger partial charge in [0.2, 0.25) is 5.91 Å². The SMILES string of the molecule is CC(N)C(C)C(=O)NCCCCC(C)(C)C.Cl. The van der Waals surface area contributed by atoms with Crippen molar-refractivity contribution in [1.82, 2.24) is 5.32 Å². The smallest absolute Gasteiger partial charge is 0.224 e.